The third-order valence-electron chi connectivity index (χ3n) is 6.05. The number of rotatable bonds is 5. The molecule has 1 spiro atoms. The Labute approximate surface area is 172 Å². The molecule has 8 heteroatoms. The fourth-order valence-corrected chi connectivity index (χ4v) is 4.53. The molecule has 1 aromatic carbocycles. The van der Waals surface area contributed by atoms with Crippen molar-refractivity contribution in [2.24, 2.45) is 23.0 Å². The molecular formula is C20H25BrN4O3. The number of halogens is 1. The molecule has 1 saturated carbocycles. The number of ether oxygens (including phenoxy) is 1. The number of H-pyrrole nitrogens is 1. The van der Waals surface area contributed by atoms with E-state index in [1.165, 1.54) is 0 Å². The van der Waals surface area contributed by atoms with E-state index in [2.05, 4.69) is 20.9 Å². The lowest BCUT2D eigenvalue weighted by Gasteiger charge is -2.29. The van der Waals surface area contributed by atoms with Crippen LogP contribution < -0.4 is 5.73 Å². The maximum Gasteiger partial charge on any atom is 0.404 e. The maximum atomic E-state index is 13.4. The molecule has 2 aromatic rings. The number of nitrogens with one attached hydrogen (secondary N) is 1. The van der Waals surface area contributed by atoms with Crippen LogP contribution in [-0.2, 0) is 9.53 Å². The molecule has 7 nitrogen and oxygen atoms in total. The second-order valence-corrected chi connectivity index (χ2v) is 9.37. The molecule has 150 valence electrons. The molecule has 28 heavy (non-hydrogen) atoms. The van der Waals surface area contributed by atoms with Gasteiger partial charge in [-0.25, -0.2) is 9.78 Å². The van der Waals surface area contributed by atoms with Crippen LogP contribution in [0.1, 0.15) is 45.0 Å². The Morgan fingerprint density at radius 3 is 2.82 bits per heavy atom. The van der Waals surface area contributed by atoms with E-state index in [0.29, 0.717) is 0 Å². The van der Waals surface area contributed by atoms with Crippen molar-refractivity contribution in [1.82, 2.24) is 14.9 Å². The lowest BCUT2D eigenvalue weighted by molar-refractivity contribution is -0.139. The Morgan fingerprint density at radius 1 is 1.43 bits per heavy atom. The lowest BCUT2D eigenvalue weighted by Crippen LogP contribution is -2.41. The average molecular weight is 449 g/mol. The summed E-state index contributed by atoms with van der Waals surface area (Å²) in [5.41, 5.74) is 7.17. The van der Waals surface area contributed by atoms with Crippen molar-refractivity contribution >= 4 is 39.0 Å². The summed E-state index contributed by atoms with van der Waals surface area (Å²) in [5, 5.41) is 0. The quantitative estimate of drug-likeness (QED) is 0.726. The number of imidazole rings is 1. The van der Waals surface area contributed by atoms with Crippen LogP contribution in [0.3, 0.4) is 0 Å². The van der Waals surface area contributed by atoms with Crippen molar-refractivity contribution < 1.29 is 14.3 Å². The predicted octanol–water partition coefficient (Wildman–Crippen LogP) is 3.75. The van der Waals surface area contributed by atoms with Crippen LogP contribution in [0.15, 0.2) is 22.7 Å². The molecule has 0 bridgehead atoms. The third kappa shape index (κ3) is 3.62. The van der Waals surface area contributed by atoms with E-state index in [0.717, 1.165) is 47.1 Å². The predicted molar refractivity (Wildman–Crippen MR) is 108 cm³/mol. The number of hydrogen-bond donors (Lipinski definition) is 2. The highest BCUT2D eigenvalue weighted by Gasteiger charge is 2.55. The summed E-state index contributed by atoms with van der Waals surface area (Å²) >= 11 is 3.49. The van der Waals surface area contributed by atoms with Gasteiger partial charge in [-0.05, 0) is 48.8 Å². The molecule has 1 aliphatic heterocycles. The summed E-state index contributed by atoms with van der Waals surface area (Å²) in [6.45, 7) is 4.67. The fourth-order valence-electron chi connectivity index (χ4n) is 4.16. The minimum atomic E-state index is -0.849. The van der Waals surface area contributed by atoms with E-state index in [1.54, 1.807) is 0 Å². The number of amides is 2. The van der Waals surface area contributed by atoms with Gasteiger partial charge < -0.3 is 20.4 Å². The first-order chi connectivity index (χ1) is 13.3. The van der Waals surface area contributed by atoms with E-state index >= 15 is 0 Å². The summed E-state index contributed by atoms with van der Waals surface area (Å²) < 4.78 is 5.96. The highest BCUT2D eigenvalue weighted by molar-refractivity contribution is 9.10. The van der Waals surface area contributed by atoms with Gasteiger partial charge in [-0.15, -0.1) is 0 Å². The number of aromatic amines is 1. The van der Waals surface area contributed by atoms with Gasteiger partial charge in [-0.1, -0.05) is 29.8 Å². The molecule has 2 amide bonds. The van der Waals surface area contributed by atoms with Crippen LogP contribution in [0.5, 0.6) is 0 Å². The summed E-state index contributed by atoms with van der Waals surface area (Å²) in [6, 6.07) is 5.83. The number of carbonyl (C=O) groups is 2. The van der Waals surface area contributed by atoms with Crippen LogP contribution in [-0.4, -0.2) is 40.0 Å². The Morgan fingerprint density at radius 2 is 2.18 bits per heavy atom. The Bertz CT molecular complexity index is 921. The number of primary amides is 1. The first-order valence-corrected chi connectivity index (χ1v) is 10.5. The first-order valence-electron chi connectivity index (χ1n) is 9.66. The van der Waals surface area contributed by atoms with Gasteiger partial charge >= 0.3 is 6.09 Å². The van der Waals surface area contributed by atoms with Crippen LogP contribution in [0, 0.1) is 17.3 Å². The zero-order valence-corrected chi connectivity index (χ0v) is 17.7. The minimum absolute atomic E-state index is 0.00617. The fraction of sp³-hybridized carbons (Fsp3) is 0.550. The van der Waals surface area contributed by atoms with Crippen molar-refractivity contribution in [2.45, 2.75) is 39.2 Å². The largest absolute Gasteiger partial charge is 0.449 e. The van der Waals surface area contributed by atoms with Crippen LogP contribution >= 0.6 is 15.9 Å². The zero-order valence-electron chi connectivity index (χ0n) is 16.1. The van der Waals surface area contributed by atoms with Crippen molar-refractivity contribution in [3.05, 3.63) is 28.5 Å². The van der Waals surface area contributed by atoms with Crippen molar-refractivity contribution in [2.75, 3.05) is 13.2 Å². The number of benzene rings is 1. The van der Waals surface area contributed by atoms with Crippen LogP contribution in [0.4, 0.5) is 4.79 Å². The van der Waals surface area contributed by atoms with E-state index in [1.807, 2.05) is 36.9 Å². The van der Waals surface area contributed by atoms with Crippen LogP contribution in [0.25, 0.3) is 11.0 Å². The van der Waals surface area contributed by atoms with Gasteiger partial charge in [0.05, 0.1) is 23.0 Å². The molecular weight excluding hydrogens is 424 g/mol. The molecule has 3 N–H and O–H groups in total. The highest BCUT2D eigenvalue weighted by atomic mass is 79.9. The number of aromatic nitrogens is 2. The molecule has 4 rings (SSSR count). The number of hydrogen-bond acceptors (Lipinski definition) is 4. The third-order valence-corrected chi connectivity index (χ3v) is 6.55. The van der Waals surface area contributed by atoms with E-state index in [-0.39, 0.29) is 29.9 Å². The SMILES string of the molecule is CC(C)C(COC(N)=O)C(=O)N1CC2(CC2)CC1c1nc2ccc(Br)cc2[nH]1. The molecule has 2 heterocycles. The standard InChI is InChI=1S/C20H25BrN4O3/c1-11(2)13(9-28-19(22)27)18(26)25-10-20(5-6-20)8-16(25)17-23-14-4-3-12(21)7-15(14)24-17/h3-4,7,11,13,16H,5-6,8-10H2,1-2H3,(H2,22,27)(H,23,24). The van der Waals surface area contributed by atoms with Gasteiger partial charge in [0.2, 0.25) is 5.91 Å². The number of fused-ring (bicyclic) bond motifs is 1. The molecule has 2 aliphatic rings. The molecule has 1 saturated heterocycles. The second kappa shape index (κ2) is 7.06. The van der Waals surface area contributed by atoms with Gasteiger partial charge in [-0.2, -0.15) is 0 Å². The van der Waals surface area contributed by atoms with Crippen molar-refractivity contribution in [3.8, 4) is 0 Å². The molecule has 2 unspecified atom stereocenters. The topological polar surface area (TPSA) is 101 Å². The number of nitrogens with zero attached hydrogens (tertiary/aromatic N) is 2. The van der Waals surface area contributed by atoms with E-state index in [4.69, 9.17) is 15.5 Å². The Kier molecular flexibility index (Phi) is 4.85. The maximum absolute atomic E-state index is 13.4. The van der Waals surface area contributed by atoms with Gasteiger partial charge in [0, 0.05) is 11.0 Å². The van der Waals surface area contributed by atoms with Gasteiger partial charge in [0.25, 0.3) is 0 Å². The highest BCUT2D eigenvalue weighted by Crippen LogP contribution is 2.58. The smallest absolute Gasteiger partial charge is 0.404 e. The summed E-state index contributed by atoms with van der Waals surface area (Å²) in [4.78, 5) is 34.6. The summed E-state index contributed by atoms with van der Waals surface area (Å²) in [6.07, 6.45) is 2.35. The molecule has 0 radical (unpaired) electrons. The first kappa shape index (κ1) is 19.2. The average Bonchev–Trinajstić information content (AvgIpc) is 3.08. The number of carbonyl (C=O) groups excluding carboxylic acids is 2. The number of nitrogens with two attached hydrogens (primary N) is 1. The Balaban J connectivity index is 1.63. The second-order valence-electron chi connectivity index (χ2n) is 8.45. The normalized spacial score (nSPS) is 21.4. The Hall–Kier alpha value is -2.09. The number of likely N-dealkylation sites (tertiary alicyclic amines) is 1. The lowest BCUT2D eigenvalue weighted by atomic mass is 9.95. The zero-order chi connectivity index (χ0) is 20.1. The molecule has 2 atom stereocenters. The summed E-state index contributed by atoms with van der Waals surface area (Å²) in [7, 11) is 0. The molecule has 2 fully saturated rings. The summed E-state index contributed by atoms with van der Waals surface area (Å²) in [5.74, 6) is 0.451. The van der Waals surface area contributed by atoms with E-state index < -0.39 is 12.0 Å². The molecule has 1 aromatic heterocycles. The van der Waals surface area contributed by atoms with Crippen LogP contribution in [0.2, 0.25) is 0 Å². The minimum Gasteiger partial charge on any atom is -0.449 e. The van der Waals surface area contributed by atoms with Gasteiger partial charge in [0.15, 0.2) is 0 Å². The van der Waals surface area contributed by atoms with E-state index in [9.17, 15) is 9.59 Å². The van der Waals surface area contributed by atoms with Crippen molar-refractivity contribution in [3.63, 3.8) is 0 Å². The van der Waals surface area contributed by atoms with Gasteiger partial charge in [0.1, 0.15) is 12.4 Å². The molecule has 1 aliphatic carbocycles. The van der Waals surface area contributed by atoms with Gasteiger partial charge in [-0.3, -0.25) is 4.79 Å². The van der Waals surface area contributed by atoms with Crippen molar-refractivity contribution in [1.29, 1.82) is 0 Å². The monoisotopic (exact) mass is 448 g/mol.